The molecule has 0 spiro atoms. The van der Waals surface area contributed by atoms with Gasteiger partial charge in [0.15, 0.2) is 0 Å². The first kappa shape index (κ1) is 14.9. The van der Waals surface area contributed by atoms with E-state index in [-0.39, 0.29) is 0 Å². The number of esters is 1. The molecule has 1 aliphatic heterocycles. The summed E-state index contributed by atoms with van der Waals surface area (Å²) in [5.74, 6) is 0.311. The predicted molar refractivity (Wildman–Crippen MR) is 86.8 cm³/mol. The summed E-state index contributed by atoms with van der Waals surface area (Å²) in [6.07, 6.45) is 1.93. The zero-order valence-corrected chi connectivity index (χ0v) is 13.2. The maximum Gasteiger partial charge on any atom is 0.337 e. The molecule has 0 amide bonds. The summed E-state index contributed by atoms with van der Waals surface area (Å²) >= 11 is 12.3. The third-order valence-electron chi connectivity index (χ3n) is 3.44. The third kappa shape index (κ3) is 2.70. The number of fused-ring (bicyclic) bond motifs is 1. The Morgan fingerprint density at radius 3 is 2.68 bits per heavy atom. The second-order valence-electron chi connectivity index (χ2n) is 4.76. The van der Waals surface area contributed by atoms with Gasteiger partial charge in [-0.05, 0) is 42.0 Å². The molecular formula is C17H12Cl2O3. The minimum atomic E-state index is -0.394. The molecule has 0 radical (unpaired) electrons. The van der Waals surface area contributed by atoms with E-state index in [0.29, 0.717) is 28.0 Å². The van der Waals surface area contributed by atoms with Crippen molar-refractivity contribution >= 4 is 34.7 Å². The zero-order valence-electron chi connectivity index (χ0n) is 11.7. The van der Waals surface area contributed by atoms with Gasteiger partial charge in [0.2, 0.25) is 0 Å². The molecule has 0 saturated carbocycles. The van der Waals surface area contributed by atoms with E-state index >= 15 is 0 Å². The van der Waals surface area contributed by atoms with Gasteiger partial charge in [-0.2, -0.15) is 0 Å². The van der Waals surface area contributed by atoms with E-state index < -0.39 is 5.97 Å². The van der Waals surface area contributed by atoms with E-state index in [1.165, 1.54) is 7.11 Å². The summed E-state index contributed by atoms with van der Waals surface area (Å²) in [7, 11) is 1.35. The number of carbonyl (C=O) groups excluding carboxylic acids is 1. The van der Waals surface area contributed by atoms with Crippen molar-refractivity contribution in [1.29, 1.82) is 0 Å². The number of methoxy groups -OCH3 is 1. The third-order valence-corrected chi connectivity index (χ3v) is 3.99. The van der Waals surface area contributed by atoms with Crippen molar-refractivity contribution in [2.24, 2.45) is 0 Å². The van der Waals surface area contributed by atoms with E-state index in [1.807, 2.05) is 12.1 Å². The fourth-order valence-corrected chi connectivity index (χ4v) is 2.91. The van der Waals surface area contributed by atoms with Crippen LogP contribution in [0.25, 0.3) is 5.57 Å². The van der Waals surface area contributed by atoms with Gasteiger partial charge in [0.1, 0.15) is 12.4 Å². The van der Waals surface area contributed by atoms with Crippen LogP contribution in [-0.4, -0.2) is 19.7 Å². The highest BCUT2D eigenvalue weighted by Gasteiger charge is 2.19. The molecule has 1 heterocycles. The van der Waals surface area contributed by atoms with Crippen LogP contribution in [0.5, 0.6) is 5.75 Å². The molecule has 3 rings (SSSR count). The lowest BCUT2D eigenvalue weighted by molar-refractivity contribution is 0.0600. The standard InChI is InChI=1S/C17H12Cl2O3/c1-21-17(20)10-2-5-16-14(8-10)12(6-7-22-16)13-4-3-11(18)9-15(13)19/h2-6,8-9H,7H2,1H3. The molecule has 0 saturated heterocycles. The van der Waals surface area contributed by atoms with Crippen molar-refractivity contribution in [1.82, 2.24) is 0 Å². The van der Waals surface area contributed by atoms with Crippen LogP contribution in [-0.2, 0) is 4.74 Å². The first-order valence-corrected chi connectivity index (χ1v) is 7.37. The van der Waals surface area contributed by atoms with Crippen LogP contribution < -0.4 is 4.74 Å². The van der Waals surface area contributed by atoms with Crippen LogP contribution in [0.15, 0.2) is 42.5 Å². The quantitative estimate of drug-likeness (QED) is 0.752. The Morgan fingerprint density at radius 1 is 1.14 bits per heavy atom. The number of hydrogen-bond acceptors (Lipinski definition) is 3. The second-order valence-corrected chi connectivity index (χ2v) is 5.60. The number of hydrogen-bond donors (Lipinski definition) is 0. The smallest absolute Gasteiger partial charge is 0.337 e. The number of halogens is 2. The van der Waals surface area contributed by atoms with Crippen LogP contribution in [0.4, 0.5) is 0 Å². The molecule has 0 aromatic heterocycles. The van der Waals surface area contributed by atoms with Gasteiger partial charge in [-0.1, -0.05) is 29.3 Å². The lowest BCUT2D eigenvalue weighted by Crippen LogP contribution is -2.08. The van der Waals surface area contributed by atoms with E-state index in [4.69, 9.17) is 32.7 Å². The molecular weight excluding hydrogens is 323 g/mol. The predicted octanol–water partition coefficient (Wildman–Crippen LogP) is 4.60. The Hall–Kier alpha value is -1.97. The minimum Gasteiger partial charge on any atom is -0.489 e. The lowest BCUT2D eigenvalue weighted by Gasteiger charge is -2.20. The number of rotatable bonds is 2. The Balaban J connectivity index is 2.12. The molecule has 0 bridgehead atoms. The van der Waals surface area contributed by atoms with Crippen LogP contribution in [0, 0.1) is 0 Å². The van der Waals surface area contributed by atoms with Gasteiger partial charge in [-0.25, -0.2) is 4.79 Å². The maximum absolute atomic E-state index is 11.7. The summed E-state index contributed by atoms with van der Waals surface area (Å²) in [5.41, 5.74) is 3.02. The van der Waals surface area contributed by atoms with Crippen LogP contribution in [0.1, 0.15) is 21.5 Å². The number of ether oxygens (including phenoxy) is 2. The normalized spacial score (nSPS) is 13.0. The average molecular weight is 335 g/mol. The van der Waals surface area contributed by atoms with Crippen molar-refractivity contribution in [2.45, 2.75) is 0 Å². The molecule has 0 N–H and O–H groups in total. The van der Waals surface area contributed by atoms with Crippen LogP contribution >= 0.6 is 23.2 Å². The zero-order chi connectivity index (χ0) is 15.7. The molecule has 22 heavy (non-hydrogen) atoms. The Labute approximate surface area is 138 Å². The molecule has 3 nitrogen and oxygen atoms in total. The summed E-state index contributed by atoms with van der Waals surface area (Å²) in [6, 6.07) is 10.5. The van der Waals surface area contributed by atoms with Crippen molar-refractivity contribution in [3.05, 3.63) is 69.2 Å². The Kier molecular flexibility index (Phi) is 4.10. The minimum absolute atomic E-state index is 0.394. The largest absolute Gasteiger partial charge is 0.489 e. The Morgan fingerprint density at radius 2 is 1.95 bits per heavy atom. The molecule has 0 fully saturated rings. The number of benzene rings is 2. The molecule has 2 aromatic rings. The molecule has 0 unspecified atom stereocenters. The first-order valence-electron chi connectivity index (χ1n) is 6.61. The molecule has 5 heteroatoms. The van der Waals surface area contributed by atoms with Crippen molar-refractivity contribution < 1.29 is 14.3 Å². The highest BCUT2D eigenvalue weighted by Crippen LogP contribution is 2.38. The van der Waals surface area contributed by atoms with Gasteiger partial charge >= 0.3 is 5.97 Å². The average Bonchev–Trinajstić information content (AvgIpc) is 2.53. The molecule has 112 valence electrons. The number of carbonyl (C=O) groups is 1. The fraction of sp³-hybridized carbons (Fsp3) is 0.118. The van der Waals surface area contributed by atoms with Gasteiger partial charge in [-0.15, -0.1) is 0 Å². The van der Waals surface area contributed by atoms with Gasteiger partial charge in [0, 0.05) is 21.2 Å². The van der Waals surface area contributed by atoms with Crippen LogP contribution in [0.3, 0.4) is 0 Å². The van der Waals surface area contributed by atoms with Gasteiger partial charge in [0.05, 0.1) is 12.7 Å². The maximum atomic E-state index is 11.7. The Bertz CT molecular complexity index is 781. The highest BCUT2D eigenvalue weighted by atomic mass is 35.5. The molecule has 0 atom stereocenters. The van der Waals surface area contributed by atoms with Gasteiger partial charge in [-0.3, -0.25) is 0 Å². The van der Waals surface area contributed by atoms with E-state index in [1.54, 1.807) is 30.3 Å². The molecule has 1 aliphatic rings. The summed E-state index contributed by atoms with van der Waals surface area (Å²) in [4.78, 5) is 11.7. The summed E-state index contributed by atoms with van der Waals surface area (Å²) in [5, 5.41) is 1.13. The summed E-state index contributed by atoms with van der Waals surface area (Å²) < 4.78 is 10.4. The van der Waals surface area contributed by atoms with Crippen molar-refractivity contribution in [3.8, 4) is 5.75 Å². The van der Waals surface area contributed by atoms with Crippen molar-refractivity contribution in [3.63, 3.8) is 0 Å². The topological polar surface area (TPSA) is 35.5 Å². The molecule has 0 aliphatic carbocycles. The monoisotopic (exact) mass is 334 g/mol. The van der Waals surface area contributed by atoms with Crippen molar-refractivity contribution in [2.75, 3.05) is 13.7 Å². The molecule has 2 aromatic carbocycles. The fourth-order valence-electron chi connectivity index (χ4n) is 2.40. The van der Waals surface area contributed by atoms with E-state index in [0.717, 1.165) is 16.7 Å². The second kappa shape index (κ2) is 6.03. The van der Waals surface area contributed by atoms with Gasteiger partial charge in [0.25, 0.3) is 0 Å². The highest BCUT2D eigenvalue weighted by molar-refractivity contribution is 6.36. The van der Waals surface area contributed by atoms with E-state index in [9.17, 15) is 4.79 Å². The first-order chi connectivity index (χ1) is 10.6. The van der Waals surface area contributed by atoms with E-state index in [2.05, 4.69) is 0 Å². The summed E-state index contributed by atoms with van der Waals surface area (Å²) in [6.45, 7) is 0.443. The lowest BCUT2D eigenvalue weighted by atomic mass is 9.94. The van der Waals surface area contributed by atoms with Crippen LogP contribution in [0.2, 0.25) is 10.0 Å². The van der Waals surface area contributed by atoms with Gasteiger partial charge < -0.3 is 9.47 Å². The SMILES string of the molecule is COC(=O)c1ccc2c(c1)C(c1ccc(Cl)cc1Cl)=CCO2.